The fraction of sp³-hybridized carbons (Fsp3) is 0.400. The van der Waals surface area contributed by atoms with E-state index in [2.05, 4.69) is 5.32 Å². The third kappa shape index (κ3) is 4.37. The van der Waals surface area contributed by atoms with Crippen LogP contribution in [-0.2, 0) is 9.53 Å². The maximum absolute atomic E-state index is 12.3. The molecule has 0 bridgehead atoms. The molecule has 0 aromatic heterocycles. The third-order valence-electron chi connectivity index (χ3n) is 4.41. The summed E-state index contributed by atoms with van der Waals surface area (Å²) in [5.41, 5.74) is 0.307. The summed E-state index contributed by atoms with van der Waals surface area (Å²) in [6.45, 7) is 6.05. The molecule has 5 heteroatoms. The predicted octanol–water partition coefficient (Wildman–Crippen LogP) is 2.60. The Hall–Kier alpha value is -2.40. The number of hydrogen-bond acceptors (Lipinski definition) is 3. The Morgan fingerprint density at radius 3 is 2.68 bits per heavy atom. The van der Waals surface area contributed by atoms with Crippen LogP contribution in [0.5, 0.6) is 0 Å². The molecule has 0 aliphatic carbocycles. The highest BCUT2D eigenvalue weighted by molar-refractivity contribution is 5.98. The van der Waals surface area contributed by atoms with Gasteiger partial charge in [-0.3, -0.25) is 9.59 Å². The molecule has 1 fully saturated rings. The molecule has 1 heterocycles. The molecule has 1 saturated heterocycles. The Morgan fingerprint density at radius 1 is 1.16 bits per heavy atom. The smallest absolute Gasteiger partial charge is 0.251 e. The summed E-state index contributed by atoms with van der Waals surface area (Å²) >= 11 is 0. The van der Waals surface area contributed by atoms with Gasteiger partial charge in [0.15, 0.2) is 0 Å². The first-order chi connectivity index (χ1) is 11.9. The van der Waals surface area contributed by atoms with E-state index in [0.29, 0.717) is 38.2 Å². The minimum Gasteiger partial charge on any atom is -0.372 e. The molecule has 1 N–H and O–H groups in total. The van der Waals surface area contributed by atoms with Crippen LogP contribution in [0.25, 0.3) is 10.8 Å². The zero-order valence-corrected chi connectivity index (χ0v) is 14.7. The Balaban J connectivity index is 1.52. The Kier molecular flexibility index (Phi) is 5.04. The van der Waals surface area contributed by atoms with E-state index < -0.39 is 0 Å². The molecular weight excluding hydrogens is 316 g/mol. The van der Waals surface area contributed by atoms with Gasteiger partial charge in [0.05, 0.1) is 12.2 Å². The molecule has 0 unspecified atom stereocenters. The van der Waals surface area contributed by atoms with Gasteiger partial charge in [0.1, 0.15) is 0 Å². The van der Waals surface area contributed by atoms with Crippen molar-refractivity contribution in [3.8, 4) is 0 Å². The van der Waals surface area contributed by atoms with Gasteiger partial charge in [0.25, 0.3) is 5.91 Å². The fourth-order valence-electron chi connectivity index (χ4n) is 3.10. The van der Waals surface area contributed by atoms with E-state index in [1.807, 2.05) is 61.2 Å². The predicted molar refractivity (Wildman–Crippen MR) is 97.5 cm³/mol. The van der Waals surface area contributed by atoms with Gasteiger partial charge in [-0.2, -0.15) is 0 Å². The van der Waals surface area contributed by atoms with Gasteiger partial charge in [-0.15, -0.1) is 0 Å². The van der Waals surface area contributed by atoms with E-state index in [1.165, 1.54) is 0 Å². The highest BCUT2D eigenvalue weighted by atomic mass is 16.5. The molecule has 0 radical (unpaired) electrons. The number of carbonyl (C=O) groups excluding carboxylic acids is 2. The van der Waals surface area contributed by atoms with Crippen molar-refractivity contribution in [2.75, 3.05) is 26.2 Å². The number of morpholine rings is 1. The number of hydrogen-bond donors (Lipinski definition) is 1. The van der Waals surface area contributed by atoms with Gasteiger partial charge >= 0.3 is 0 Å². The fourth-order valence-corrected chi connectivity index (χ4v) is 3.10. The first-order valence-electron chi connectivity index (χ1n) is 8.63. The van der Waals surface area contributed by atoms with Crippen LogP contribution in [-0.4, -0.2) is 48.6 Å². The highest BCUT2D eigenvalue weighted by Crippen LogP contribution is 2.17. The van der Waals surface area contributed by atoms with Crippen LogP contribution in [0.1, 0.15) is 30.6 Å². The molecule has 0 atom stereocenters. The number of fused-ring (bicyclic) bond motifs is 1. The molecule has 0 spiro atoms. The van der Waals surface area contributed by atoms with E-state index in [-0.39, 0.29) is 17.4 Å². The normalized spacial score (nSPS) is 16.6. The average Bonchev–Trinajstić information content (AvgIpc) is 2.60. The zero-order valence-electron chi connectivity index (χ0n) is 14.7. The Labute approximate surface area is 148 Å². The molecule has 1 aliphatic heterocycles. The van der Waals surface area contributed by atoms with Gasteiger partial charge in [0, 0.05) is 31.6 Å². The first-order valence-corrected chi connectivity index (χ1v) is 8.63. The Morgan fingerprint density at radius 2 is 1.92 bits per heavy atom. The number of benzene rings is 2. The molecule has 132 valence electrons. The molecule has 0 saturated carbocycles. The topological polar surface area (TPSA) is 58.6 Å². The monoisotopic (exact) mass is 340 g/mol. The molecule has 1 aliphatic rings. The second-order valence-corrected chi connectivity index (χ2v) is 6.99. The second kappa shape index (κ2) is 7.23. The molecule has 2 aromatic rings. The van der Waals surface area contributed by atoms with Crippen molar-refractivity contribution in [3.05, 3.63) is 48.0 Å². The number of nitrogens with one attached hydrogen (secondary N) is 1. The number of carbonyl (C=O) groups is 2. The number of rotatable bonds is 4. The van der Waals surface area contributed by atoms with E-state index in [4.69, 9.17) is 4.74 Å². The zero-order chi connectivity index (χ0) is 17.9. The van der Waals surface area contributed by atoms with Gasteiger partial charge in [0.2, 0.25) is 5.91 Å². The van der Waals surface area contributed by atoms with Crippen LogP contribution in [0, 0.1) is 0 Å². The van der Waals surface area contributed by atoms with E-state index in [9.17, 15) is 9.59 Å². The lowest BCUT2D eigenvalue weighted by Gasteiger charge is -2.38. The maximum Gasteiger partial charge on any atom is 0.251 e. The minimum absolute atomic E-state index is 0.0511. The van der Waals surface area contributed by atoms with Crippen LogP contribution in [0.3, 0.4) is 0 Å². The molecule has 2 amide bonds. The van der Waals surface area contributed by atoms with E-state index >= 15 is 0 Å². The third-order valence-corrected chi connectivity index (χ3v) is 4.41. The molecule has 2 aromatic carbocycles. The van der Waals surface area contributed by atoms with Crippen molar-refractivity contribution in [2.45, 2.75) is 25.9 Å². The van der Waals surface area contributed by atoms with E-state index in [1.54, 1.807) is 0 Å². The number of nitrogens with zero attached hydrogens (tertiary/aromatic N) is 1. The van der Waals surface area contributed by atoms with Gasteiger partial charge in [-0.05, 0) is 36.8 Å². The molecule has 5 nitrogen and oxygen atoms in total. The quantitative estimate of drug-likeness (QED) is 0.931. The SMILES string of the molecule is CC1(C)CN(C(=O)CCNC(=O)c2ccc3ccccc3c2)CCO1. The van der Waals surface area contributed by atoms with Crippen molar-refractivity contribution in [2.24, 2.45) is 0 Å². The summed E-state index contributed by atoms with van der Waals surface area (Å²) in [6, 6.07) is 13.5. The standard InChI is InChI=1S/C20H24N2O3/c1-20(2)14-22(11-12-25-20)18(23)9-10-21-19(24)17-8-7-15-5-3-4-6-16(15)13-17/h3-8,13H,9-12,14H2,1-2H3,(H,21,24). The summed E-state index contributed by atoms with van der Waals surface area (Å²) in [6.07, 6.45) is 0.301. The minimum atomic E-state index is -0.303. The lowest BCUT2D eigenvalue weighted by atomic mass is 10.1. The molecule has 25 heavy (non-hydrogen) atoms. The van der Waals surface area contributed by atoms with Crippen LogP contribution in [0.4, 0.5) is 0 Å². The van der Waals surface area contributed by atoms with Crippen LogP contribution in [0.2, 0.25) is 0 Å². The van der Waals surface area contributed by atoms with Crippen molar-refractivity contribution < 1.29 is 14.3 Å². The summed E-state index contributed by atoms with van der Waals surface area (Å²) < 4.78 is 5.62. The number of ether oxygens (including phenoxy) is 1. The van der Waals surface area contributed by atoms with Gasteiger partial charge in [-0.1, -0.05) is 30.3 Å². The average molecular weight is 340 g/mol. The summed E-state index contributed by atoms with van der Waals surface area (Å²) in [4.78, 5) is 26.4. The molecular formula is C20H24N2O3. The van der Waals surface area contributed by atoms with Gasteiger partial charge < -0.3 is 15.0 Å². The van der Waals surface area contributed by atoms with Crippen LogP contribution >= 0.6 is 0 Å². The highest BCUT2D eigenvalue weighted by Gasteiger charge is 2.29. The second-order valence-electron chi connectivity index (χ2n) is 6.99. The lowest BCUT2D eigenvalue weighted by molar-refractivity contribution is -0.145. The molecule has 3 rings (SSSR count). The lowest BCUT2D eigenvalue weighted by Crippen LogP contribution is -2.51. The van der Waals surface area contributed by atoms with Crippen molar-refractivity contribution in [1.82, 2.24) is 10.2 Å². The van der Waals surface area contributed by atoms with Crippen molar-refractivity contribution >= 4 is 22.6 Å². The largest absolute Gasteiger partial charge is 0.372 e. The summed E-state index contributed by atoms with van der Waals surface area (Å²) in [7, 11) is 0. The summed E-state index contributed by atoms with van der Waals surface area (Å²) in [5.74, 6) is -0.101. The number of amides is 2. The van der Waals surface area contributed by atoms with Crippen molar-refractivity contribution in [3.63, 3.8) is 0 Å². The Bertz CT molecular complexity index is 785. The van der Waals surface area contributed by atoms with E-state index in [0.717, 1.165) is 10.8 Å². The van der Waals surface area contributed by atoms with Crippen LogP contribution < -0.4 is 5.32 Å². The maximum atomic E-state index is 12.3. The summed E-state index contributed by atoms with van der Waals surface area (Å²) in [5, 5.41) is 4.97. The van der Waals surface area contributed by atoms with Crippen LogP contribution in [0.15, 0.2) is 42.5 Å². The van der Waals surface area contributed by atoms with Gasteiger partial charge in [-0.25, -0.2) is 0 Å². The first kappa shape index (κ1) is 17.4. The van der Waals surface area contributed by atoms with Crippen molar-refractivity contribution in [1.29, 1.82) is 0 Å².